The second-order valence-corrected chi connectivity index (χ2v) is 12.5. The van der Waals surface area contributed by atoms with Gasteiger partial charge in [0.1, 0.15) is 17.6 Å². The SMILES string of the molecule is C=CCCCOC(=O)[C@@H]1[C@H]2C(=O)N([C@@H](CO)CC(C)C)C(C(=O)N(CC=C)c3c(C)cccc3C)C23CC[C@@]1(C)O3. The van der Waals surface area contributed by atoms with Gasteiger partial charge in [-0.15, -0.1) is 13.2 Å². The van der Waals surface area contributed by atoms with Gasteiger partial charge < -0.3 is 24.4 Å². The van der Waals surface area contributed by atoms with E-state index in [4.69, 9.17) is 9.47 Å². The van der Waals surface area contributed by atoms with Gasteiger partial charge in [0.05, 0.1) is 30.8 Å². The maximum absolute atomic E-state index is 14.8. The molecule has 1 aromatic carbocycles. The van der Waals surface area contributed by atoms with Crippen molar-refractivity contribution in [3.05, 3.63) is 54.6 Å². The Morgan fingerprint density at radius 1 is 1.22 bits per heavy atom. The van der Waals surface area contributed by atoms with E-state index in [1.165, 1.54) is 0 Å². The number of esters is 1. The van der Waals surface area contributed by atoms with E-state index in [0.29, 0.717) is 32.1 Å². The van der Waals surface area contributed by atoms with E-state index in [0.717, 1.165) is 16.8 Å². The fourth-order valence-electron chi connectivity index (χ4n) is 7.50. The summed E-state index contributed by atoms with van der Waals surface area (Å²) in [7, 11) is 0. The van der Waals surface area contributed by atoms with E-state index in [-0.39, 0.29) is 37.5 Å². The maximum atomic E-state index is 14.8. The van der Waals surface area contributed by atoms with Gasteiger partial charge in [-0.3, -0.25) is 14.4 Å². The molecule has 3 aliphatic heterocycles. The first-order valence-corrected chi connectivity index (χ1v) is 14.9. The van der Waals surface area contributed by atoms with Crippen molar-refractivity contribution in [1.82, 2.24) is 4.90 Å². The predicted molar refractivity (Wildman–Crippen MR) is 158 cm³/mol. The molecule has 6 atom stereocenters. The molecular weight excluding hydrogens is 520 g/mol. The Kier molecular flexibility index (Phi) is 9.14. The number of ether oxygens (including phenoxy) is 2. The van der Waals surface area contributed by atoms with Crippen LogP contribution in [0.15, 0.2) is 43.5 Å². The molecule has 8 nitrogen and oxygen atoms in total. The monoisotopic (exact) mass is 566 g/mol. The minimum atomic E-state index is -1.20. The van der Waals surface area contributed by atoms with Gasteiger partial charge in [-0.1, -0.05) is 44.2 Å². The lowest BCUT2D eigenvalue weighted by atomic mass is 9.66. The van der Waals surface area contributed by atoms with Crippen LogP contribution in [0.25, 0.3) is 0 Å². The average Bonchev–Trinajstić information content (AvgIpc) is 3.49. The third kappa shape index (κ3) is 5.25. The van der Waals surface area contributed by atoms with E-state index >= 15 is 0 Å². The van der Waals surface area contributed by atoms with Crippen LogP contribution in [0.5, 0.6) is 0 Å². The van der Waals surface area contributed by atoms with Crippen molar-refractivity contribution >= 4 is 23.5 Å². The van der Waals surface area contributed by atoms with Gasteiger partial charge in [0.15, 0.2) is 0 Å². The Hall–Kier alpha value is -2.97. The number of hydrogen-bond acceptors (Lipinski definition) is 6. The summed E-state index contributed by atoms with van der Waals surface area (Å²) in [4.78, 5) is 46.1. The number of aliphatic hydroxyl groups is 1. The van der Waals surface area contributed by atoms with Crippen molar-refractivity contribution < 1.29 is 29.0 Å². The van der Waals surface area contributed by atoms with Crippen LogP contribution in [0.3, 0.4) is 0 Å². The smallest absolute Gasteiger partial charge is 0.312 e. The van der Waals surface area contributed by atoms with Crippen molar-refractivity contribution in [1.29, 1.82) is 0 Å². The summed E-state index contributed by atoms with van der Waals surface area (Å²) < 4.78 is 12.4. The highest BCUT2D eigenvalue weighted by molar-refractivity contribution is 6.05. The molecule has 0 radical (unpaired) electrons. The summed E-state index contributed by atoms with van der Waals surface area (Å²) in [5.41, 5.74) is 0.501. The Labute approximate surface area is 244 Å². The predicted octanol–water partition coefficient (Wildman–Crippen LogP) is 4.50. The number of likely N-dealkylation sites (tertiary alicyclic amines) is 1. The number of hydrogen-bond donors (Lipinski definition) is 1. The highest BCUT2D eigenvalue weighted by Gasteiger charge is 2.79. The van der Waals surface area contributed by atoms with Crippen LogP contribution in [-0.4, -0.2) is 70.8 Å². The highest BCUT2D eigenvalue weighted by atomic mass is 16.6. The van der Waals surface area contributed by atoms with Crippen molar-refractivity contribution in [2.45, 2.75) is 90.0 Å². The molecule has 41 heavy (non-hydrogen) atoms. The molecule has 1 spiro atoms. The zero-order valence-electron chi connectivity index (χ0n) is 25.2. The molecule has 0 saturated carbocycles. The molecule has 0 aromatic heterocycles. The quantitative estimate of drug-likeness (QED) is 0.215. The molecular formula is C33H46N2O6. The summed E-state index contributed by atoms with van der Waals surface area (Å²) in [6.45, 7) is 17.6. The third-order valence-corrected chi connectivity index (χ3v) is 9.13. The Morgan fingerprint density at radius 2 is 1.90 bits per heavy atom. The molecule has 3 saturated heterocycles. The maximum Gasteiger partial charge on any atom is 0.312 e. The van der Waals surface area contributed by atoms with Crippen LogP contribution < -0.4 is 4.90 Å². The van der Waals surface area contributed by atoms with Crippen molar-refractivity contribution in [3.63, 3.8) is 0 Å². The number of rotatable bonds is 13. The summed E-state index contributed by atoms with van der Waals surface area (Å²) >= 11 is 0. The number of para-hydroxylation sites is 1. The Balaban J connectivity index is 1.82. The number of aryl methyl sites for hydroxylation is 2. The largest absolute Gasteiger partial charge is 0.465 e. The molecule has 2 amide bonds. The lowest BCUT2D eigenvalue weighted by molar-refractivity contribution is -0.160. The fraction of sp³-hybridized carbons (Fsp3) is 0.606. The van der Waals surface area contributed by atoms with E-state index in [9.17, 15) is 19.5 Å². The van der Waals surface area contributed by atoms with Crippen LogP contribution in [0.2, 0.25) is 0 Å². The third-order valence-electron chi connectivity index (χ3n) is 9.13. The zero-order valence-corrected chi connectivity index (χ0v) is 25.2. The van der Waals surface area contributed by atoms with Crippen LogP contribution in [-0.2, 0) is 23.9 Å². The minimum Gasteiger partial charge on any atom is -0.465 e. The van der Waals surface area contributed by atoms with Gasteiger partial charge in [-0.25, -0.2) is 0 Å². The van der Waals surface area contributed by atoms with E-state index in [1.54, 1.807) is 22.0 Å². The Bertz CT molecular complexity index is 1180. The first-order chi connectivity index (χ1) is 19.5. The number of amides is 2. The molecule has 8 heteroatoms. The molecule has 3 heterocycles. The number of aliphatic hydroxyl groups excluding tert-OH is 1. The van der Waals surface area contributed by atoms with Gasteiger partial charge in [-0.2, -0.15) is 0 Å². The van der Waals surface area contributed by atoms with Crippen LogP contribution in [0.4, 0.5) is 5.69 Å². The number of carbonyl (C=O) groups excluding carboxylic acids is 3. The number of allylic oxidation sites excluding steroid dienone is 1. The van der Waals surface area contributed by atoms with Gasteiger partial charge in [0.25, 0.3) is 5.91 Å². The highest BCUT2D eigenvalue weighted by Crippen LogP contribution is 2.64. The van der Waals surface area contributed by atoms with Gasteiger partial charge in [0, 0.05) is 12.2 Å². The molecule has 2 unspecified atom stereocenters. The molecule has 3 aliphatic rings. The summed E-state index contributed by atoms with van der Waals surface area (Å²) in [5.74, 6) is -2.61. The zero-order chi connectivity index (χ0) is 30.1. The summed E-state index contributed by atoms with van der Waals surface area (Å²) in [5, 5.41) is 10.5. The van der Waals surface area contributed by atoms with Gasteiger partial charge in [-0.05, 0) is 69.9 Å². The molecule has 224 valence electrons. The summed E-state index contributed by atoms with van der Waals surface area (Å²) in [6.07, 6.45) is 6.30. The number of nitrogens with zero attached hydrogens (tertiary/aromatic N) is 2. The van der Waals surface area contributed by atoms with Gasteiger partial charge >= 0.3 is 5.97 Å². The molecule has 4 rings (SSSR count). The molecule has 1 aromatic rings. The number of benzene rings is 1. The van der Waals surface area contributed by atoms with E-state index in [1.807, 2.05) is 52.8 Å². The fourth-order valence-corrected chi connectivity index (χ4v) is 7.50. The molecule has 0 aliphatic carbocycles. The number of unbranched alkanes of at least 4 members (excludes halogenated alkanes) is 1. The molecule has 2 bridgehead atoms. The standard InChI is InChI=1S/C33H46N2O6/c1-8-10-11-18-40-31(39)26-25-29(37)35(24(20-36)19-21(3)4)28(33(25)16-15-32(26,7)41-33)30(38)34(17-9-2)27-22(5)13-12-14-23(27)6/h8-9,12-14,21,24-26,28,36H,1-2,10-11,15-20H2,3-7H3/t24-,25+,26+,28?,32-,33?/m1/s1. The second-order valence-electron chi connectivity index (χ2n) is 12.5. The molecule has 1 N–H and O–H groups in total. The van der Waals surface area contributed by atoms with E-state index < -0.39 is 41.1 Å². The Morgan fingerprint density at radius 3 is 2.49 bits per heavy atom. The number of fused-ring (bicyclic) bond motifs is 1. The van der Waals surface area contributed by atoms with Crippen LogP contribution >= 0.6 is 0 Å². The lowest BCUT2D eigenvalue weighted by Gasteiger charge is -2.40. The first-order valence-electron chi connectivity index (χ1n) is 14.9. The molecule has 3 fully saturated rings. The second kappa shape index (κ2) is 12.1. The van der Waals surface area contributed by atoms with Crippen molar-refractivity contribution in [2.75, 3.05) is 24.7 Å². The summed E-state index contributed by atoms with van der Waals surface area (Å²) in [6, 6.07) is 4.26. The lowest BCUT2D eigenvalue weighted by Crippen LogP contribution is -2.59. The topological polar surface area (TPSA) is 96.4 Å². The van der Waals surface area contributed by atoms with Crippen molar-refractivity contribution in [3.8, 4) is 0 Å². The minimum absolute atomic E-state index is 0.164. The van der Waals surface area contributed by atoms with Gasteiger partial charge in [0.2, 0.25) is 5.91 Å². The number of anilines is 1. The van der Waals surface area contributed by atoms with Crippen LogP contribution in [0, 0.1) is 31.6 Å². The number of carbonyl (C=O) groups is 3. The first kappa shape index (κ1) is 31.0. The normalized spacial score (nSPS) is 29.0. The van der Waals surface area contributed by atoms with Crippen LogP contribution in [0.1, 0.15) is 64.0 Å². The van der Waals surface area contributed by atoms with E-state index in [2.05, 4.69) is 13.2 Å². The van der Waals surface area contributed by atoms with Crippen molar-refractivity contribution in [2.24, 2.45) is 17.8 Å². The average molecular weight is 567 g/mol.